The summed E-state index contributed by atoms with van der Waals surface area (Å²) in [4.78, 5) is 31.3. The number of pyridine rings is 1. The van der Waals surface area contributed by atoms with Gasteiger partial charge in [0.25, 0.3) is 5.91 Å². The highest BCUT2D eigenvalue weighted by Gasteiger charge is 2.34. The van der Waals surface area contributed by atoms with Gasteiger partial charge in [0.2, 0.25) is 5.91 Å². The molecule has 2 heterocycles. The Kier molecular flexibility index (Phi) is 3.69. The van der Waals surface area contributed by atoms with Gasteiger partial charge in [0.15, 0.2) is 0 Å². The van der Waals surface area contributed by atoms with Crippen LogP contribution in [0, 0.1) is 0 Å². The number of piperazine rings is 1. The van der Waals surface area contributed by atoms with Crippen molar-refractivity contribution in [2.24, 2.45) is 0 Å². The van der Waals surface area contributed by atoms with Gasteiger partial charge in [-0.1, -0.05) is 0 Å². The topological polar surface area (TPSA) is 73.7 Å². The van der Waals surface area contributed by atoms with Crippen LogP contribution in [0.3, 0.4) is 0 Å². The van der Waals surface area contributed by atoms with Crippen molar-refractivity contribution in [1.82, 2.24) is 14.8 Å². The quantitative estimate of drug-likeness (QED) is 0.842. The third-order valence-electron chi connectivity index (χ3n) is 3.42. The molecule has 1 fully saturated rings. The Hall–Kier alpha value is -2.11. The number of aromatic nitrogens is 1. The molecule has 2 rings (SSSR count). The van der Waals surface area contributed by atoms with E-state index in [0.29, 0.717) is 19.6 Å². The molecule has 6 nitrogen and oxygen atoms in total. The summed E-state index contributed by atoms with van der Waals surface area (Å²) in [6.07, 6.45) is 2.67. The molecule has 0 unspecified atom stereocenters. The molecular weight excluding hydrogens is 246 g/mol. The monoisotopic (exact) mass is 263 g/mol. The Balaban J connectivity index is 2.21. The van der Waals surface area contributed by atoms with Crippen LogP contribution >= 0.6 is 0 Å². The van der Waals surface area contributed by atoms with Crippen LogP contribution in [0.2, 0.25) is 0 Å². The second-order valence-electron chi connectivity index (χ2n) is 4.49. The van der Waals surface area contributed by atoms with Gasteiger partial charge < -0.3 is 14.9 Å². The molecule has 1 saturated heterocycles. The highest BCUT2D eigenvalue weighted by molar-refractivity contribution is 5.99. The maximum atomic E-state index is 12.3. The molecule has 1 aliphatic rings. The first-order valence-corrected chi connectivity index (χ1v) is 6.29. The number of aromatic hydroxyl groups is 1. The van der Waals surface area contributed by atoms with E-state index in [4.69, 9.17) is 0 Å². The van der Waals surface area contributed by atoms with Gasteiger partial charge in [-0.25, -0.2) is 0 Å². The van der Waals surface area contributed by atoms with E-state index in [1.807, 2.05) is 6.92 Å². The van der Waals surface area contributed by atoms with Gasteiger partial charge in [0, 0.05) is 25.8 Å². The summed E-state index contributed by atoms with van der Waals surface area (Å²) in [7, 11) is 0. The van der Waals surface area contributed by atoms with Crippen molar-refractivity contribution in [2.75, 3.05) is 19.6 Å². The molecule has 0 saturated carbocycles. The highest BCUT2D eigenvalue weighted by Crippen LogP contribution is 2.20. The molecular formula is C13H17N3O3. The van der Waals surface area contributed by atoms with E-state index in [2.05, 4.69) is 4.98 Å². The second-order valence-corrected chi connectivity index (χ2v) is 4.49. The van der Waals surface area contributed by atoms with Crippen molar-refractivity contribution in [2.45, 2.75) is 19.9 Å². The first-order valence-electron chi connectivity index (χ1n) is 6.29. The number of nitrogens with zero attached hydrogens (tertiary/aromatic N) is 3. The maximum Gasteiger partial charge on any atom is 0.258 e. The maximum absolute atomic E-state index is 12.3. The normalized spacial score (nSPS) is 19.7. The number of amides is 2. The summed E-state index contributed by atoms with van der Waals surface area (Å²) in [6.45, 7) is 5.27. The molecule has 1 aromatic rings. The van der Waals surface area contributed by atoms with Crippen LogP contribution in [0.1, 0.15) is 24.2 Å². The van der Waals surface area contributed by atoms with Crippen LogP contribution in [0.5, 0.6) is 5.75 Å². The molecule has 2 amide bonds. The van der Waals surface area contributed by atoms with E-state index in [9.17, 15) is 14.7 Å². The average molecular weight is 263 g/mol. The largest absolute Gasteiger partial charge is 0.505 e. The Morgan fingerprint density at radius 1 is 1.53 bits per heavy atom. The fraction of sp³-hybridized carbons (Fsp3) is 0.462. The van der Waals surface area contributed by atoms with Crippen molar-refractivity contribution in [3.8, 4) is 5.75 Å². The van der Waals surface area contributed by atoms with Gasteiger partial charge in [0.1, 0.15) is 11.8 Å². The predicted octanol–water partition coefficient (Wildman–Crippen LogP) is 0.480. The molecule has 1 N–H and O–H groups in total. The van der Waals surface area contributed by atoms with E-state index in [-0.39, 0.29) is 23.1 Å². The van der Waals surface area contributed by atoms with Gasteiger partial charge in [-0.2, -0.15) is 0 Å². The van der Waals surface area contributed by atoms with Crippen molar-refractivity contribution in [3.05, 3.63) is 24.0 Å². The van der Waals surface area contributed by atoms with E-state index in [0.717, 1.165) is 0 Å². The second kappa shape index (κ2) is 5.26. The van der Waals surface area contributed by atoms with E-state index in [1.54, 1.807) is 11.8 Å². The lowest BCUT2D eigenvalue weighted by molar-refractivity contribution is -0.139. The third-order valence-corrected chi connectivity index (χ3v) is 3.42. The SMILES string of the molecule is CCN1CCN(C(=O)c2ccncc2O)[C@H](C)C1=O. The fourth-order valence-electron chi connectivity index (χ4n) is 2.24. The summed E-state index contributed by atoms with van der Waals surface area (Å²) in [5.41, 5.74) is 0.180. The summed E-state index contributed by atoms with van der Waals surface area (Å²) >= 11 is 0. The molecule has 0 radical (unpaired) electrons. The zero-order chi connectivity index (χ0) is 14.0. The molecule has 0 bridgehead atoms. The van der Waals surface area contributed by atoms with E-state index >= 15 is 0 Å². The Morgan fingerprint density at radius 3 is 2.89 bits per heavy atom. The lowest BCUT2D eigenvalue weighted by Gasteiger charge is -2.38. The molecule has 1 atom stereocenters. The number of carbonyl (C=O) groups excluding carboxylic acids is 2. The molecule has 19 heavy (non-hydrogen) atoms. The minimum absolute atomic E-state index is 0.0596. The van der Waals surface area contributed by atoms with Crippen molar-refractivity contribution < 1.29 is 14.7 Å². The molecule has 1 aliphatic heterocycles. The minimum atomic E-state index is -0.506. The van der Waals surface area contributed by atoms with Crippen LogP contribution in [0.4, 0.5) is 0 Å². The smallest absolute Gasteiger partial charge is 0.258 e. The summed E-state index contributed by atoms with van der Waals surface area (Å²) in [6, 6.07) is 0.954. The van der Waals surface area contributed by atoms with E-state index in [1.165, 1.54) is 23.4 Å². The van der Waals surface area contributed by atoms with Crippen LogP contribution in [0.15, 0.2) is 18.5 Å². The fourth-order valence-corrected chi connectivity index (χ4v) is 2.24. The van der Waals surface area contributed by atoms with Crippen LogP contribution in [0.25, 0.3) is 0 Å². The van der Waals surface area contributed by atoms with E-state index < -0.39 is 6.04 Å². The molecule has 102 valence electrons. The standard InChI is InChI=1S/C13H17N3O3/c1-3-15-6-7-16(9(2)12(15)18)13(19)10-4-5-14-8-11(10)17/h4-5,8-9,17H,3,6-7H2,1-2H3/t9-/m1/s1. The third kappa shape index (κ3) is 2.38. The van der Waals surface area contributed by atoms with Crippen LogP contribution in [-0.4, -0.2) is 57.4 Å². The van der Waals surface area contributed by atoms with Crippen LogP contribution < -0.4 is 0 Å². The van der Waals surface area contributed by atoms with Crippen LogP contribution in [-0.2, 0) is 4.79 Å². The van der Waals surface area contributed by atoms with Crippen molar-refractivity contribution >= 4 is 11.8 Å². The van der Waals surface area contributed by atoms with Gasteiger partial charge in [-0.15, -0.1) is 0 Å². The zero-order valence-electron chi connectivity index (χ0n) is 11.0. The van der Waals surface area contributed by atoms with Gasteiger partial charge >= 0.3 is 0 Å². The first kappa shape index (κ1) is 13.3. The highest BCUT2D eigenvalue weighted by atomic mass is 16.3. The van der Waals surface area contributed by atoms with Crippen molar-refractivity contribution in [1.29, 1.82) is 0 Å². The Labute approximate surface area is 111 Å². The summed E-state index contributed by atoms with van der Waals surface area (Å²) < 4.78 is 0. The summed E-state index contributed by atoms with van der Waals surface area (Å²) in [5, 5.41) is 9.66. The number of hydrogen-bond acceptors (Lipinski definition) is 4. The Morgan fingerprint density at radius 2 is 2.26 bits per heavy atom. The zero-order valence-corrected chi connectivity index (χ0v) is 11.0. The lowest BCUT2D eigenvalue weighted by Crippen LogP contribution is -2.57. The number of hydrogen-bond donors (Lipinski definition) is 1. The van der Waals surface area contributed by atoms with Gasteiger partial charge in [-0.05, 0) is 19.9 Å². The average Bonchev–Trinajstić information content (AvgIpc) is 2.41. The number of carbonyl (C=O) groups is 2. The predicted molar refractivity (Wildman–Crippen MR) is 68.7 cm³/mol. The number of rotatable bonds is 2. The van der Waals surface area contributed by atoms with Crippen molar-refractivity contribution in [3.63, 3.8) is 0 Å². The minimum Gasteiger partial charge on any atom is -0.505 e. The molecule has 0 aliphatic carbocycles. The lowest BCUT2D eigenvalue weighted by atomic mass is 10.1. The molecule has 0 aromatic carbocycles. The Bertz CT molecular complexity index is 504. The first-order chi connectivity index (χ1) is 9.06. The summed E-state index contributed by atoms with van der Waals surface area (Å²) in [5.74, 6) is -0.558. The molecule has 1 aromatic heterocycles. The molecule has 0 spiro atoms. The number of likely N-dealkylation sites (N-methyl/N-ethyl adjacent to an activating group) is 1. The van der Waals surface area contributed by atoms with Gasteiger partial charge in [-0.3, -0.25) is 14.6 Å². The van der Waals surface area contributed by atoms with Gasteiger partial charge in [0.05, 0.1) is 11.8 Å². The molecule has 6 heteroatoms.